The normalized spacial score (nSPS) is 13.7. The van der Waals surface area contributed by atoms with E-state index in [0.29, 0.717) is 23.9 Å². The van der Waals surface area contributed by atoms with E-state index in [1.54, 1.807) is 0 Å². The number of unbranched alkanes of at least 4 members (excludes halogenated alkanes) is 47. The second-order valence-electron chi connectivity index (χ2n) is 26.1. The molecule has 1 amide bonds. The fourth-order valence-corrected chi connectivity index (χ4v) is 11.7. The minimum atomic E-state index is -4.45. The molecule has 0 aliphatic carbocycles. The third kappa shape index (κ3) is 64.5. The molecule has 10 heteroatoms. The number of esters is 1. The van der Waals surface area contributed by atoms with Gasteiger partial charge in [0.2, 0.25) is 5.91 Å². The zero-order valence-electron chi connectivity index (χ0n) is 56.2. The number of nitrogens with one attached hydrogen (secondary N) is 1. The van der Waals surface area contributed by atoms with Gasteiger partial charge in [0.05, 0.1) is 33.8 Å². The van der Waals surface area contributed by atoms with Gasteiger partial charge in [-0.3, -0.25) is 18.6 Å². The Morgan fingerprint density at radius 1 is 0.422 bits per heavy atom. The van der Waals surface area contributed by atoms with Crippen molar-refractivity contribution in [2.24, 2.45) is 0 Å². The van der Waals surface area contributed by atoms with Crippen molar-refractivity contribution in [3.63, 3.8) is 0 Å². The molecule has 0 aromatic carbocycles. The summed E-state index contributed by atoms with van der Waals surface area (Å²) < 4.78 is 30.9. The molecule has 490 valence electrons. The molecule has 0 heterocycles. The average molecular weight is 1190 g/mol. The molecular weight excluding hydrogens is 1050 g/mol. The maximum Gasteiger partial charge on any atom is 0.472 e. The third-order valence-electron chi connectivity index (χ3n) is 16.6. The number of rotatable bonds is 67. The largest absolute Gasteiger partial charge is 0.472 e. The summed E-state index contributed by atoms with van der Waals surface area (Å²) in [6.45, 7) is 7.06. The molecule has 0 radical (unpaired) electrons. The van der Waals surface area contributed by atoms with E-state index >= 15 is 0 Å². The van der Waals surface area contributed by atoms with Gasteiger partial charge in [0.15, 0.2) is 0 Å². The molecule has 3 atom stereocenters. The Morgan fingerprint density at radius 2 is 0.735 bits per heavy atom. The summed E-state index contributed by atoms with van der Waals surface area (Å²) in [7, 11) is 1.51. The first-order valence-electron chi connectivity index (χ1n) is 36.3. The Balaban J connectivity index is 5.06. The number of ether oxygens (including phenoxy) is 1. The first-order valence-corrected chi connectivity index (χ1v) is 37.8. The fourth-order valence-electron chi connectivity index (χ4n) is 11.0. The second-order valence-corrected chi connectivity index (χ2v) is 27.6. The van der Waals surface area contributed by atoms with Crippen LogP contribution in [0.4, 0.5) is 0 Å². The van der Waals surface area contributed by atoms with Crippen LogP contribution in [0.2, 0.25) is 0 Å². The second kappa shape index (κ2) is 63.3. The predicted octanol–water partition coefficient (Wildman–Crippen LogP) is 23.0. The molecule has 83 heavy (non-hydrogen) atoms. The molecule has 0 aromatic rings. The van der Waals surface area contributed by atoms with Gasteiger partial charge in [-0.1, -0.05) is 327 Å². The summed E-state index contributed by atoms with van der Waals surface area (Å²) in [6, 6.07) is -0.846. The number of nitrogens with zero attached hydrogens (tertiary/aromatic N) is 1. The molecule has 0 aliphatic heterocycles. The van der Waals surface area contributed by atoms with Gasteiger partial charge in [-0.25, -0.2) is 4.57 Å². The number of amides is 1. The lowest BCUT2D eigenvalue weighted by Gasteiger charge is -2.27. The lowest BCUT2D eigenvalue weighted by Crippen LogP contribution is -2.47. The zero-order chi connectivity index (χ0) is 60.7. The average Bonchev–Trinajstić information content (AvgIpc) is 3.46. The molecular formula is C73H142N2O7P+. The van der Waals surface area contributed by atoms with Crippen LogP contribution < -0.4 is 5.32 Å². The van der Waals surface area contributed by atoms with Crippen LogP contribution >= 0.6 is 7.82 Å². The van der Waals surface area contributed by atoms with Crippen molar-refractivity contribution < 1.29 is 37.3 Å². The molecule has 0 fully saturated rings. The van der Waals surface area contributed by atoms with Gasteiger partial charge in [-0.15, -0.1) is 0 Å². The number of carbonyl (C=O) groups excluding carboxylic acids is 2. The number of phosphoric ester groups is 1. The first-order chi connectivity index (χ1) is 40.4. The molecule has 0 rings (SSSR count). The fraction of sp³-hybridized carbons (Fsp3) is 0.890. The summed E-state index contributed by atoms with van der Waals surface area (Å²) in [6.07, 6.45) is 78.7. The summed E-state index contributed by atoms with van der Waals surface area (Å²) in [5.41, 5.74) is 0. The molecule has 0 saturated carbocycles. The van der Waals surface area contributed by atoms with Crippen molar-refractivity contribution in [1.82, 2.24) is 5.32 Å². The van der Waals surface area contributed by atoms with E-state index in [1.165, 1.54) is 270 Å². The summed E-state index contributed by atoms with van der Waals surface area (Å²) in [5, 5.41) is 3.08. The molecule has 2 N–H and O–H groups in total. The van der Waals surface area contributed by atoms with Crippen molar-refractivity contribution in [1.29, 1.82) is 0 Å². The maximum absolute atomic E-state index is 13.6. The molecule has 0 spiro atoms. The van der Waals surface area contributed by atoms with Crippen LogP contribution in [0.15, 0.2) is 36.5 Å². The van der Waals surface area contributed by atoms with Crippen LogP contribution in [0.1, 0.15) is 367 Å². The minimum Gasteiger partial charge on any atom is -0.456 e. The van der Waals surface area contributed by atoms with E-state index in [2.05, 4.69) is 56.5 Å². The van der Waals surface area contributed by atoms with Crippen LogP contribution in [0.3, 0.4) is 0 Å². The van der Waals surface area contributed by atoms with E-state index in [4.69, 9.17) is 13.8 Å². The van der Waals surface area contributed by atoms with Crippen LogP contribution in [-0.4, -0.2) is 74.3 Å². The standard InChI is InChI=1S/C73H141N2O7P/c1-7-10-13-16-19-22-25-28-30-32-34-36-37-39-40-42-44-47-50-53-56-59-62-65-72(76)74-70(69-81-83(78,79)80-68-67-75(4,5)6)71(64-61-58-55-52-49-46-27-24-21-18-15-12-9-3)82-73(77)66-63-60-57-54-51-48-45-43-41-38-35-33-31-29-26-23-20-17-14-11-8-2/h19,22,28,30,61,64,70-71H,7-18,20-21,23-27,29,31-60,62-63,65-69H2,1-6H3,(H-,74,76,78,79)/p+1/b22-19-,30-28-,64-61+. The van der Waals surface area contributed by atoms with Gasteiger partial charge in [0.1, 0.15) is 19.3 Å². The van der Waals surface area contributed by atoms with Crippen LogP contribution in [-0.2, 0) is 27.9 Å². The van der Waals surface area contributed by atoms with Gasteiger partial charge >= 0.3 is 13.8 Å². The number of hydrogen-bond donors (Lipinski definition) is 2. The number of hydrogen-bond acceptors (Lipinski definition) is 6. The molecule has 9 nitrogen and oxygen atoms in total. The third-order valence-corrected chi connectivity index (χ3v) is 17.6. The number of allylic oxidation sites excluding steroid dienone is 5. The minimum absolute atomic E-state index is 0.0433. The Labute approximate surface area is 516 Å². The smallest absolute Gasteiger partial charge is 0.456 e. The number of quaternary nitrogens is 1. The molecule has 0 aromatic heterocycles. The topological polar surface area (TPSA) is 111 Å². The van der Waals surface area contributed by atoms with Crippen molar-refractivity contribution in [3.05, 3.63) is 36.5 Å². The highest BCUT2D eigenvalue weighted by Crippen LogP contribution is 2.43. The van der Waals surface area contributed by atoms with Gasteiger partial charge in [0.25, 0.3) is 0 Å². The highest BCUT2D eigenvalue weighted by molar-refractivity contribution is 7.47. The van der Waals surface area contributed by atoms with Crippen LogP contribution in [0.25, 0.3) is 0 Å². The number of likely N-dealkylation sites (N-methyl/N-ethyl adjacent to an activating group) is 1. The zero-order valence-corrected chi connectivity index (χ0v) is 57.1. The Hall–Kier alpha value is -1.77. The van der Waals surface area contributed by atoms with E-state index in [-0.39, 0.29) is 25.1 Å². The van der Waals surface area contributed by atoms with Gasteiger partial charge < -0.3 is 19.4 Å². The molecule has 0 bridgehead atoms. The van der Waals surface area contributed by atoms with Crippen molar-refractivity contribution in [2.45, 2.75) is 380 Å². The van der Waals surface area contributed by atoms with Crippen molar-refractivity contribution in [3.8, 4) is 0 Å². The first kappa shape index (κ1) is 81.2. The maximum atomic E-state index is 13.6. The quantitative estimate of drug-likeness (QED) is 0.0205. The lowest BCUT2D eigenvalue weighted by atomic mass is 10.0. The number of carbonyl (C=O) groups is 2. The predicted molar refractivity (Wildman–Crippen MR) is 360 cm³/mol. The summed E-state index contributed by atoms with van der Waals surface area (Å²) in [4.78, 5) is 37.9. The van der Waals surface area contributed by atoms with E-state index in [0.717, 1.165) is 64.2 Å². The lowest BCUT2D eigenvalue weighted by molar-refractivity contribution is -0.870. The van der Waals surface area contributed by atoms with Gasteiger partial charge in [0, 0.05) is 12.8 Å². The highest BCUT2D eigenvalue weighted by atomic mass is 31.2. The highest BCUT2D eigenvalue weighted by Gasteiger charge is 2.30. The molecule has 0 aliphatic rings. The summed E-state index contributed by atoms with van der Waals surface area (Å²) in [5.74, 6) is -0.484. The van der Waals surface area contributed by atoms with Crippen molar-refractivity contribution in [2.75, 3.05) is 40.9 Å². The SMILES string of the molecule is CCCCC/C=C\C/C=C\CCCCCCCCCCCCCCCC(=O)NC(COP(=O)(O)OCC[N+](C)(C)C)C(/C=C/CCCCCCCCCCCCC)OC(=O)CCCCCCCCCCCCCCCCCCCCCCC. The Bertz CT molecular complexity index is 1510. The molecule has 3 unspecified atom stereocenters. The van der Waals surface area contributed by atoms with Crippen LogP contribution in [0, 0.1) is 0 Å². The molecule has 0 saturated heterocycles. The van der Waals surface area contributed by atoms with E-state index < -0.39 is 20.0 Å². The monoisotopic (exact) mass is 1190 g/mol. The van der Waals surface area contributed by atoms with Gasteiger partial charge in [-0.2, -0.15) is 0 Å². The van der Waals surface area contributed by atoms with Crippen LogP contribution in [0.5, 0.6) is 0 Å². The summed E-state index contributed by atoms with van der Waals surface area (Å²) >= 11 is 0. The Morgan fingerprint density at radius 3 is 1.11 bits per heavy atom. The van der Waals surface area contributed by atoms with E-state index in [9.17, 15) is 19.0 Å². The van der Waals surface area contributed by atoms with Gasteiger partial charge in [-0.05, 0) is 63.9 Å². The van der Waals surface area contributed by atoms with E-state index in [1.807, 2.05) is 27.2 Å². The number of phosphoric acid groups is 1. The van der Waals surface area contributed by atoms with Crippen molar-refractivity contribution >= 4 is 19.7 Å². The Kier molecular flexibility index (Phi) is 61.9.